The molecular weight excluding hydrogens is 791 g/mol. The van der Waals surface area contributed by atoms with Crippen LogP contribution in [-0.4, -0.2) is 87.5 Å². The SMILES string of the molecule is C/C=C/CC/C=C/CC/C=C/C(O)C(COC1OC(CO)C(O)C(O)C1O)NC(=O)CCCCCCCCCCCCCCCCCCCCC/C=C\C/C=C\CCCCCCC. The highest BCUT2D eigenvalue weighted by atomic mass is 16.7. The Morgan fingerprint density at radius 2 is 1.02 bits per heavy atom. The van der Waals surface area contributed by atoms with E-state index in [1.807, 2.05) is 19.1 Å². The summed E-state index contributed by atoms with van der Waals surface area (Å²) in [5.41, 5.74) is 0. The van der Waals surface area contributed by atoms with E-state index >= 15 is 0 Å². The topological polar surface area (TPSA) is 149 Å². The molecule has 0 aromatic rings. The summed E-state index contributed by atoms with van der Waals surface area (Å²) in [6, 6.07) is -0.826. The first-order chi connectivity index (χ1) is 30.8. The second kappa shape index (κ2) is 43.8. The van der Waals surface area contributed by atoms with E-state index in [1.165, 1.54) is 148 Å². The molecule has 1 saturated heterocycles. The van der Waals surface area contributed by atoms with Gasteiger partial charge in [-0.05, 0) is 71.1 Å². The van der Waals surface area contributed by atoms with Crippen molar-refractivity contribution in [2.24, 2.45) is 0 Å². The van der Waals surface area contributed by atoms with E-state index in [0.29, 0.717) is 6.42 Å². The number of ether oxygens (including phenoxy) is 2. The highest BCUT2D eigenvalue weighted by Gasteiger charge is 2.44. The van der Waals surface area contributed by atoms with Gasteiger partial charge in [0.1, 0.15) is 24.4 Å². The number of aliphatic hydroxyl groups excluding tert-OH is 5. The number of unbranched alkanes of at least 4 members (excludes halogenated alkanes) is 26. The fraction of sp³-hybridized carbons (Fsp3) is 0.796. The molecular formula is C54H97NO8. The van der Waals surface area contributed by atoms with E-state index in [9.17, 15) is 30.3 Å². The number of carbonyl (C=O) groups is 1. The number of allylic oxidation sites excluding steroid dienone is 9. The molecule has 0 spiro atoms. The Morgan fingerprint density at radius 3 is 1.51 bits per heavy atom. The van der Waals surface area contributed by atoms with Crippen molar-refractivity contribution in [3.8, 4) is 0 Å². The Hall–Kier alpha value is -2.11. The van der Waals surface area contributed by atoms with Gasteiger partial charge in [-0.3, -0.25) is 4.79 Å². The van der Waals surface area contributed by atoms with Crippen molar-refractivity contribution in [3.63, 3.8) is 0 Å². The quantitative estimate of drug-likeness (QED) is 0.0262. The molecule has 1 amide bonds. The number of carbonyl (C=O) groups excluding carboxylic acids is 1. The van der Waals surface area contributed by atoms with Crippen molar-refractivity contribution in [2.45, 2.75) is 262 Å². The Morgan fingerprint density at radius 1 is 0.571 bits per heavy atom. The Labute approximate surface area is 386 Å². The third-order valence-electron chi connectivity index (χ3n) is 12.1. The van der Waals surface area contributed by atoms with Crippen molar-refractivity contribution in [3.05, 3.63) is 60.8 Å². The molecule has 1 fully saturated rings. The molecule has 6 N–H and O–H groups in total. The van der Waals surface area contributed by atoms with E-state index in [2.05, 4.69) is 54.8 Å². The third-order valence-corrected chi connectivity index (χ3v) is 12.1. The lowest BCUT2D eigenvalue weighted by Gasteiger charge is -2.40. The fourth-order valence-electron chi connectivity index (χ4n) is 7.99. The first-order valence-corrected chi connectivity index (χ1v) is 26.0. The monoisotopic (exact) mass is 888 g/mol. The summed E-state index contributed by atoms with van der Waals surface area (Å²) in [5.74, 6) is -0.194. The van der Waals surface area contributed by atoms with E-state index in [-0.39, 0.29) is 12.5 Å². The average molecular weight is 888 g/mol. The lowest BCUT2D eigenvalue weighted by molar-refractivity contribution is -0.302. The zero-order chi connectivity index (χ0) is 45.9. The minimum absolute atomic E-state index is 0.194. The molecule has 7 unspecified atom stereocenters. The molecule has 0 aromatic heterocycles. The second-order valence-electron chi connectivity index (χ2n) is 18.0. The number of hydrogen-bond acceptors (Lipinski definition) is 8. The van der Waals surface area contributed by atoms with Crippen LogP contribution in [0.1, 0.15) is 219 Å². The predicted molar refractivity (Wildman–Crippen MR) is 262 cm³/mol. The minimum atomic E-state index is -1.57. The van der Waals surface area contributed by atoms with E-state index in [4.69, 9.17) is 9.47 Å². The van der Waals surface area contributed by atoms with Crippen molar-refractivity contribution in [2.75, 3.05) is 13.2 Å². The number of amides is 1. The van der Waals surface area contributed by atoms with Gasteiger partial charge >= 0.3 is 0 Å². The predicted octanol–water partition coefficient (Wildman–Crippen LogP) is 12.0. The highest BCUT2D eigenvalue weighted by Crippen LogP contribution is 2.23. The molecule has 9 heteroatoms. The van der Waals surface area contributed by atoms with Crippen molar-refractivity contribution >= 4 is 5.91 Å². The van der Waals surface area contributed by atoms with Gasteiger partial charge in [-0.1, -0.05) is 203 Å². The minimum Gasteiger partial charge on any atom is -0.394 e. The van der Waals surface area contributed by atoms with Gasteiger partial charge in [-0.15, -0.1) is 0 Å². The molecule has 0 aliphatic carbocycles. The second-order valence-corrected chi connectivity index (χ2v) is 18.0. The van der Waals surface area contributed by atoms with Crippen LogP contribution in [0.4, 0.5) is 0 Å². The van der Waals surface area contributed by atoms with Gasteiger partial charge in [0.25, 0.3) is 0 Å². The van der Waals surface area contributed by atoms with Gasteiger partial charge in [0.15, 0.2) is 6.29 Å². The number of rotatable bonds is 43. The van der Waals surface area contributed by atoms with E-state index in [0.717, 1.165) is 51.4 Å². The largest absolute Gasteiger partial charge is 0.394 e. The molecule has 0 radical (unpaired) electrons. The molecule has 366 valence electrons. The van der Waals surface area contributed by atoms with Crippen LogP contribution in [0.2, 0.25) is 0 Å². The summed E-state index contributed by atoms with van der Waals surface area (Å²) in [5, 5.41) is 54.0. The molecule has 1 heterocycles. The van der Waals surface area contributed by atoms with Crippen molar-refractivity contribution in [1.29, 1.82) is 0 Å². The molecule has 63 heavy (non-hydrogen) atoms. The van der Waals surface area contributed by atoms with Gasteiger partial charge in [0.05, 0.1) is 25.4 Å². The van der Waals surface area contributed by atoms with Crippen LogP contribution in [0.15, 0.2) is 60.8 Å². The van der Waals surface area contributed by atoms with Crippen LogP contribution < -0.4 is 5.32 Å². The van der Waals surface area contributed by atoms with Gasteiger partial charge in [-0.25, -0.2) is 0 Å². The summed E-state index contributed by atoms with van der Waals surface area (Å²) in [4.78, 5) is 12.9. The third kappa shape index (κ3) is 33.9. The Bertz CT molecular complexity index is 1170. The highest BCUT2D eigenvalue weighted by molar-refractivity contribution is 5.76. The van der Waals surface area contributed by atoms with Gasteiger partial charge < -0.3 is 40.3 Å². The van der Waals surface area contributed by atoms with Gasteiger partial charge in [0, 0.05) is 6.42 Å². The maximum Gasteiger partial charge on any atom is 0.220 e. The van der Waals surface area contributed by atoms with Gasteiger partial charge in [0.2, 0.25) is 5.91 Å². The Balaban J connectivity index is 2.11. The summed E-state index contributed by atoms with van der Waals surface area (Å²) < 4.78 is 11.2. The molecule has 1 aliphatic heterocycles. The standard InChI is InChI=1S/C54H97NO8/c1-3-5-7-9-11-13-14-15-16-17-18-19-20-21-22-23-24-25-26-27-28-29-30-31-32-33-34-36-38-40-42-44-50(58)55-47(48(57)43-41-39-37-35-12-10-8-6-4-2)46-62-54-53(61)52(60)51(59)49(45-56)63-54/h4,6,12,14-15,17-18,35,41,43,47-49,51-54,56-57,59-61H,3,5,7-11,13,16,19-34,36-40,42,44-46H2,1-2H3,(H,55,58)/b6-4+,15-14-,18-17-,35-12+,43-41+. The fourth-order valence-corrected chi connectivity index (χ4v) is 7.99. The zero-order valence-electron chi connectivity index (χ0n) is 40.3. The molecule has 1 aliphatic rings. The number of nitrogens with one attached hydrogen (secondary N) is 1. The molecule has 0 bridgehead atoms. The van der Waals surface area contributed by atoms with Crippen molar-refractivity contribution < 1.29 is 39.8 Å². The first kappa shape index (κ1) is 58.9. The van der Waals surface area contributed by atoms with Crippen LogP contribution in [0.25, 0.3) is 0 Å². The van der Waals surface area contributed by atoms with Crippen LogP contribution in [-0.2, 0) is 14.3 Å². The first-order valence-electron chi connectivity index (χ1n) is 26.0. The lowest BCUT2D eigenvalue weighted by Crippen LogP contribution is -2.60. The maximum absolute atomic E-state index is 12.9. The maximum atomic E-state index is 12.9. The molecule has 9 nitrogen and oxygen atoms in total. The van der Waals surface area contributed by atoms with Crippen LogP contribution in [0.5, 0.6) is 0 Å². The summed E-state index contributed by atoms with van der Waals surface area (Å²) in [6.45, 7) is 3.50. The normalized spacial score (nSPS) is 20.7. The van der Waals surface area contributed by atoms with Crippen LogP contribution in [0, 0.1) is 0 Å². The lowest BCUT2D eigenvalue weighted by atomic mass is 9.99. The molecule has 0 saturated carbocycles. The van der Waals surface area contributed by atoms with Crippen molar-refractivity contribution in [1.82, 2.24) is 5.32 Å². The number of aliphatic hydroxyl groups is 5. The number of hydrogen-bond donors (Lipinski definition) is 6. The molecule has 0 aromatic carbocycles. The summed E-state index contributed by atoms with van der Waals surface area (Å²) in [6.07, 6.45) is 51.9. The zero-order valence-corrected chi connectivity index (χ0v) is 40.3. The van der Waals surface area contributed by atoms with Crippen LogP contribution >= 0.6 is 0 Å². The van der Waals surface area contributed by atoms with E-state index < -0.39 is 49.5 Å². The average Bonchev–Trinajstić information content (AvgIpc) is 3.28. The Kier molecular flexibility index (Phi) is 40.9. The van der Waals surface area contributed by atoms with Crippen LogP contribution in [0.3, 0.4) is 0 Å². The summed E-state index contributed by atoms with van der Waals surface area (Å²) in [7, 11) is 0. The van der Waals surface area contributed by atoms with E-state index in [1.54, 1.807) is 6.08 Å². The molecule has 7 atom stereocenters. The molecule has 1 rings (SSSR count). The smallest absolute Gasteiger partial charge is 0.220 e. The summed E-state index contributed by atoms with van der Waals surface area (Å²) >= 11 is 0. The van der Waals surface area contributed by atoms with Gasteiger partial charge in [-0.2, -0.15) is 0 Å².